The van der Waals surface area contributed by atoms with Crippen LogP contribution in [0.2, 0.25) is 0 Å². The summed E-state index contributed by atoms with van der Waals surface area (Å²) in [5.74, 6) is -0.587. The molecule has 1 aromatic heterocycles. The fraction of sp³-hybridized carbons (Fsp3) is 0.308. The Hall–Kier alpha value is -1.77. The lowest BCUT2D eigenvalue weighted by Gasteiger charge is -2.11. The summed E-state index contributed by atoms with van der Waals surface area (Å²) in [4.78, 5) is -0.0983. The van der Waals surface area contributed by atoms with Gasteiger partial charge in [0.25, 0.3) is 0 Å². The first-order valence-electron chi connectivity index (χ1n) is 6.31. The van der Waals surface area contributed by atoms with E-state index in [0.29, 0.717) is 11.3 Å². The average Bonchev–Trinajstić information content (AvgIpc) is 2.85. The molecule has 3 N–H and O–H groups in total. The van der Waals surface area contributed by atoms with Gasteiger partial charge in [-0.3, -0.25) is 4.68 Å². The number of hydrogen-bond donors (Lipinski definition) is 2. The third-order valence-corrected chi connectivity index (χ3v) is 4.62. The average molecular weight is 312 g/mol. The molecule has 2 rings (SSSR count). The molecule has 0 aliphatic rings. The summed E-state index contributed by atoms with van der Waals surface area (Å²) in [6.45, 7) is 1.53. The highest BCUT2D eigenvalue weighted by atomic mass is 32.2. The van der Waals surface area contributed by atoms with Gasteiger partial charge in [0.05, 0.1) is 17.1 Å². The molecular weight excluding hydrogens is 295 g/mol. The molecular formula is C13H17FN4O2S. The molecule has 114 valence electrons. The SMILES string of the molecule is Cc1c(F)cc(CN)cc1S(=O)(=O)NCc1ccn(C)n1. The van der Waals surface area contributed by atoms with Gasteiger partial charge < -0.3 is 5.73 Å². The number of aromatic nitrogens is 2. The van der Waals surface area contributed by atoms with Gasteiger partial charge in [-0.05, 0) is 30.7 Å². The number of aryl methyl sites for hydroxylation is 1. The van der Waals surface area contributed by atoms with Crippen LogP contribution in [0.25, 0.3) is 0 Å². The molecule has 8 heteroatoms. The van der Waals surface area contributed by atoms with Crippen molar-refractivity contribution >= 4 is 10.0 Å². The topological polar surface area (TPSA) is 90.0 Å². The molecule has 6 nitrogen and oxygen atoms in total. The number of nitrogens with zero attached hydrogens (tertiary/aromatic N) is 2. The Morgan fingerprint density at radius 3 is 2.71 bits per heavy atom. The van der Waals surface area contributed by atoms with Gasteiger partial charge in [0.15, 0.2) is 0 Å². The fourth-order valence-corrected chi connectivity index (χ4v) is 3.21. The van der Waals surface area contributed by atoms with Crippen LogP contribution in [-0.2, 0) is 30.2 Å². The second-order valence-corrected chi connectivity index (χ2v) is 6.45. The van der Waals surface area contributed by atoms with Gasteiger partial charge in [-0.2, -0.15) is 5.10 Å². The van der Waals surface area contributed by atoms with Gasteiger partial charge in [-0.1, -0.05) is 0 Å². The van der Waals surface area contributed by atoms with Gasteiger partial charge in [-0.25, -0.2) is 17.5 Å². The van der Waals surface area contributed by atoms with Gasteiger partial charge in [0.1, 0.15) is 5.82 Å². The minimum atomic E-state index is -3.83. The summed E-state index contributed by atoms with van der Waals surface area (Å²) >= 11 is 0. The number of hydrogen-bond acceptors (Lipinski definition) is 4. The number of rotatable bonds is 5. The van der Waals surface area contributed by atoms with E-state index in [1.54, 1.807) is 24.0 Å². The molecule has 0 unspecified atom stereocenters. The Labute approximate surface area is 122 Å². The molecule has 21 heavy (non-hydrogen) atoms. The maximum atomic E-state index is 13.8. The molecule has 0 fully saturated rings. The lowest BCUT2D eigenvalue weighted by molar-refractivity contribution is 0.572. The Balaban J connectivity index is 2.29. The molecule has 1 aromatic carbocycles. The third kappa shape index (κ3) is 3.46. The van der Waals surface area contributed by atoms with Crippen LogP contribution < -0.4 is 10.5 Å². The minimum absolute atomic E-state index is 0.0388. The first-order chi connectivity index (χ1) is 9.83. The van der Waals surface area contributed by atoms with E-state index in [4.69, 9.17) is 5.73 Å². The zero-order valence-corrected chi connectivity index (χ0v) is 12.6. The molecule has 0 bridgehead atoms. The number of sulfonamides is 1. The molecule has 0 atom stereocenters. The van der Waals surface area contributed by atoms with E-state index < -0.39 is 15.8 Å². The van der Waals surface area contributed by atoms with Crippen molar-refractivity contribution < 1.29 is 12.8 Å². The van der Waals surface area contributed by atoms with Gasteiger partial charge in [0, 0.05) is 25.4 Å². The third-order valence-electron chi connectivity index (χ3n) is 3.09. The predicted molar refractivity (Wildman–Crippen MR) is 76.3 cm³/mol. The highest BCUT2D eigenvalue weighted by molar-refractivity contribution is 7.89. The Bertz CT molecular complexity index is 756. The maximum absolute atomic E-state index is 13.8. The highest BCUT2D eigenvalue weighted by Gasteiger charge is 2.20. The molecule has 0 aliphatic carbocycles. The monoisotopic (exact) mass is 312 g/mol. The molecule has 2 aromatic rings. The molecule has 0 aliphatic heterocycles. The second kappa shape index (κ2) is 5.92. The summed E-state index contributed by atoms with van der Waals surface area (Å²) < 4.78 is 42.3. The van der Waals surface area contributed by atoms with Crippen molar-refractivity contribution in [2.75, 3.05) is 0 Å². The van der Waals surface area contributed by atoms with E-state index in [9.17, 15) is 12.8 Å². The Kier molecular flexibility index (Phi) is 4.40. The van der Waals surface area contributed by atoms with Gasteiger partial charge in [-0.15, -0.1) is 0 Å². The van der Waals surface area contributed by atoms with E-state index in [1.807, 2.05) is 0 Å². The Morgan fingerprint density at radius 1 is 1.43 bits per heavy atom. The highest BCUT2D eigenvalue weighted by Crippen LogP contribution is 2.20. The number of halogens is 1. The normalized spacial score (nSPS) is 11.8. The number of benzene rings is 1. The minimum Gasteiger partial charge on any atom is -0.326 e. The van der Waals surface area contributed by atoms with Crippen LogP contribution in [0.5, 0.6) is 0 Å². The zero-order valence-electron chi connectivity index (χ0n) is 11.8. The van der Waals surface area contributed by atoms with Crippen LogP contribution in [0.15, 0.2) is 29.3 Å². The zero-order chi connectivity index (χ0) is 15.6. The second-order valence-electron chi connectivity index (χ2n) is 4.71. The molecule has 0 amide bonds. The lowest BCUT2D eigenvalue weighted by Crippen LogP contribution is -2.25. The van der Waals surface area contributed by atoms with Crippen molar-refractivity contribution in [2.45, 2.75) is 24.9 Å². The molecule has 0 spiro atoms. The summed E-state index contributed by atoms with van der Waals surface area (Å²) in [6.07, 6.45) is 1.71. The van der Waals surface area contributed by atoms with Crippen LogP contribution in [0.3, 0.4) is 0 Å². The summed E-state index contributed by atoms with van der Waals surface area (Å²) in [5, 5.41) is 4.08. The number of nitrogens with two attached hydrogens (primary N) is 1. The van der Waals surface area contributed by atoms with Crippen LogP contribution >= 0.6 is 0 Å². The van der Waals surface area contributed by atoms with Crippen molar-refractivity contribution in [3.05, 3.63) is 47.0 Å². The van der Waals surface area contributed by atoms with Crippen molar-refractivity contribution in [1.29, 1.82) is 0 Å². The molecule has 0 saturated carbocycles. The van der Waals surface area contributed by atoms with Crippen LogP contribution in [0, 0.1) is 12.7 Å². The van der Waals surface area contributed by atoms with Crippen LogP contribution in [-0.4, -0.2) is 18.2 Å². The van der Waals surface area contributed by atoms with E-state index in [2.05, 4.69) is 9.82 Å². The quantitative estimate of drug-likeness (QED) is 0.854. The van der Waals surface area contributed by atoms with Crippen molar-refractivity contribution in [2.24, 2.45) is 12.8 Å². The van der Waals surface area contributed by atoms with Crippen molar-refractivity contribution in [1.82, 2.24) is 14.5 Å². The first-order valence-corrected chi connectivity index (χ1v) is 7.79. The lowest BCUT2D eigenvalue weighted by atomic mass is 10.1. The van der Waals surface area contributed by atoms with Crippen molar-refractivity contribution in [3.8, 4) is 0 Å². The maximum Gasteiger partial charge on any atom is 0.241 e. The van der Waals surface area contributed by atoms with E-state index in [1.165, 1.54) is 19.1 Å². The van der Waals surface area contributed by atoms with Crippen molar-refractivity contribution in [3.63, 3.8) is 0 Å². The van der Waals surface area contributed by atoms with Crippen LogP contribution in [0.4, 0.5) is 4.39 Å². The predicted octanol–water partition coefficient (Wildman–Crippen LogP) is 0.805. The summed E-state index contributed by atoms with van der Waals surface area (Å²) in [7, 11) is -2.09. The first kappa shape index (κ1) is 15.6. The molecule has 0 radical (unpaired) electrons. The van der Waals surface area contributed by atoms with E-state index in [-0.39, 0.29) is 23.5 Å². The standard InChI is InChI=1S/C13H17FN4O2S/c1-9-12(14)5-10(7-15)6-13(9)21(19,20)16-8-11-3-4-18(2)17-11/h3-6,16H,7-8,15H2,1-2H3. The van der Waals surface area contributed by atoms with Crippen LogP contribution in [0.1, 0.15) is 16.8 Å². The van der Waals surface area contributed by atoms with E-state index >= 15 is 0 Å². The largest absolute Gasteiger partial charge is 0.326 e. The Morgan fingerprint density at radius 2 is 2.14 bits per heavy atom. The van der Waals surface area contributed by atoms with Gasteiger partial charge >= 0.3 is 0 Å². The molecule has 0 saturated heterocycles. The van der Waals surface area contributed by atoms with E-state index in [0.717, 1.165) is 0 Å². The summed E-state index contributed by atoms with van der Waals surface area (Å²) in [5.41, 5.74) is 6.53. The summed E-state index contributed by atoms with van der Waals surface area (Å²) in [6, 6.07) is 4.33. The number of nitrogens with one attached hydrogen (secondary N) is 1. The fourth-order valence-electron chi connectivity index (χ4n) is 1.91. The van der Waals surface area contributed by atoms with Gasteiger partial charge in [0.2, 0.25) is 10.0 Å². The smallest absolute Gasteiger partial charge is 0.241 e. The molecule has 1 heterocycles.